The van der Waals surface area contributed by atoms with E-state index in [1.807, 2.05) is 18.3 Å². The van der Waals surface area contributed by atoms with Gasteiger partial charge in [0.1, 0.15) is 0 Å². The Kier molecular flexibility index (Phi) is 10.1. The quantitative estimate of drug-likeness (QED) is 0.297. The Hall–Kier alpha value is -1.63. The standard InChI is InChI=1S/C19H26N4.HI/c1-3-4-12-21-19(23-15-18-6-5-11-20-13-18)22-14-17-9-7-16(2)8-10-17;/h5-11,13H,3-4,12,14-15H2,1-2H3,(H2,21,22,23);1H. The summed E-state index contributed by atoms with van der Waals surface area (Å²) in [6, 6.07) is 12.5. The molecule has 0 radical (unpaired) electrons. The van der Waals surface area contributed by atoms with Gasteiger partial charge in [-0.15, -0.1) is 24.0 Å². The first-order valence-corrected chi connectivity index (χ1v) is 8.24. The van der Waals surface area contributed by atoms with E-state index in [-0.39, 0.29) is 24.0 Å². The summed E-state index contributed by atoms with van der Waals surface area (Å²) in [6.45, 7) is 6.62. The molecule has 0 atom stereocenters. The van der Waals surface area contributed by atoms with Crippen LogP contribution in [0.3, 0.4) is 0 Å². The van der Waals surface area contributed by atoms with Gasteiger partial charge in [-0.05, 0) is 30.5 Å². The van der Waals surface area contributed by atoms with Gasteiger partial charge in [-0.3, -0.25) is 4.98 Å². The van der Waals surface area contributed by atoms with Gasteiger partial charge in [-0.1, -0.05) is 49.2 Å². The molecule has 2 aromatic rings. The molecule has 4 nitrogen and oxygen atoms in total. The number of aliphatic imine (C=N–C) groups is 1. The zero-order valence-electron chi connectivity index (χ0n) is 14.5. The Morgan fingerprint density at radius 3 is 2.54 bits per heavy atom. The highest BCUT2D eigenvalue weighted by Crippen LogP contribution is 2.03. The molecule has 0 aliphatic carbocycles. The van der Waals surface area contributed by atoms with E-state index < -0.39 is 0 Å². The van der Waals surface area contributed by atoms with E-state index in [1.54, 1.807) is 6.20 Å². The molecule has 0 amide bonds. The average Bonchev–Trinajstić information content (AvgIpc) is 2.59. The Labute approximate surface area is 162 Å². The van der Waals surface area contributed by atoms with Crippen molar-refractivity contribution in [2.45, 2.75) is 39.8 Å². The minimum atomic E-state index is 0. The highest BCUT2D eigenvalue weighted by atomic mass is 127. The van der Waals surface area contributed by atoms with Crippen LogP contribution in [0.15, 0.2) is 53.8 Å². The van der Waals surface area contributed by atoms with Crippen LogP contribution in [0.1, 0.15) is 36.5 Å². The number of aryl methyl sites for hydroxylation is 1. The van der Waals surface area contributed by atoms with Gasteiger partial charge < -0.3 is 10.6 Å². The van der Waals surface area contributed by atoms with Crippen LogP contribution in [0.25, 0.3) is 0 Å². The summed E-state index contributed by atoms with van der Waals surface area (Å²) >= 11 is 0. The molecule has 1 aromatic heterocycles. The van der Waals surface area contributed by atoms with Gasteiger partial charge in [0.15, 0.2) is 5.96 Å². The SMILES string of the molecule is CCCCNC(=NCc1cccnc1)NCc1ccc(C)cc1.I. The molecule has 2 N–H and O–H groups in total. The molecule has 0 spiro atoms. The van der Waals surface area contributed by atoms with E-state index in [9.17, 15) is 0 Å². The molecule has 0 bridgehead atoms. The number of halogens is 1. The third-order valence-electron chi connectivity index (χ3n) is 3.55. The lowest BCUT2D eigenvalue weighted by atomic mass is 10.1. The van der Waals surface area contributed by atoms with Gasteiger partial charge >= 0.3 is 0 Å². The first-order chi connectivity index (χ1) is 11.3. The molecule has 2 rings (SSSR count). The van der Waals surface area contributed by atoms with Gasteiger partial charge in [0.2, 0.25) is 0 Å². The smallest absolute Gasteiger partial charge is 0.191 e. The summed E-state index contributed by atoms with van der Waals surface area (Å²) in [7, 11) is 0. The predicted molar refractivity (Wildman–Crippen MR) is 112 cm³/mol. The lowest BCUT2D eigenvalue weighted by Gasteiger charge is -2.12. The van der Waals surface area contributed by atoms with Crippen molar-refractivity contribution in [1.82, 2.24) is 15.6 Å². The number of nitrogens with zero attached hydrogens (tertiary/aromatic N) is 2. The van der Waals surface area contributed by atoms with Crippen molar-refractivity contribution in [3.8, 4) is 0 Å². The van der Waals surface area contributed by atoms with Crippen LogP contribution in [0.5, 0.6) is 0 Å². The Balaban J connectivity index is 0.00000288. The van der Waals surface area contributed by atoms with Crippen LogP contribution in [0.2, 0.25) is 0 Å². The number of rotatable bonds is 7. The molecule has 24 heavy (non-hydrogen) atoms. The molecule has 0 aliphatic heterocycles. The second-order valence-electron chi connectivity index (χ2n) is 5.65. The van der Waals surface area contributed by atoms with Crippen LogP contribution in [0, 0.1) is 6.92 Å². The number of hydrogen-bond donors (Lipinski definition) is 2. The van der Waals surface area contributed by atoms with Gasteiger partial charge in [0.25, 0.3) is 0 Å². The van der Waals surface area contributed by atoms with Gasteiger partial charge in [-0.2, -0.15) is 0 Å². The van der Waals surface area contributed by atoms with Crippen LogP contribution in [0.4, 0.5) is 0 Å². The fourth-order valence-corrected chi connectivity index (χ4v) is 2.11. The molecule has 0 saturated carbocycles. The van der Waals surface area contributed by atoms with E-state index in [0.717, 1.165) is 31.0 Å². The molecular weight excluding hydrogens is 411 g/mol. The summed E-state index contributed by atoms with van der Waals surface area (Å²) in [5, 5.41) is 6.79. The van der Waals surface area contributed by atoms with Crippen LogP contribution < -0.4 is 10.6 Å². The maximum atomic E-state index is 4.65. The zero-order valence-corrected chi connectivity index (χ0v) is 16.8. The van der Waals surface area contributed by atoms with E-state index in [4.69, 9.17) is 0 Å². The van der Waals surface area contributed by atoms with Crippen molar-refractivity contribution in [2.75, 3.05) is 6.54 Å². The molecule has 130 valence electrons. The zero-order chi connectivity index (χ0) is 16.3. The van der Waals surface area contributed by atoms with Crippen molar-refractivity contribution < 1.29 is 0 Å². The second kappa shape index (κ2) is 11.8. The summed E-state index contributed by atoms with van der Waals surface area (Å²) < 4.78 is 0. The monoisotopic (exact) mass is 438 g/mol. The third-order valence-corrected chi connectivity index (χ3v) is 3.55. The Morgan fingerprint density at radius 2 is 1.88 bits per heavy atom. The van der Waals surface area contributed by atoms with Crippen molar-refractivity contribution in [3.63, 3.8) is 0 Å². The van der Waals surface area contributed by atoms with E-state index >= 15 is 0 Å². The molecule has 0 fully saturated rings. The molecular formula is C19H27IN4. The summed E-state index contributed by atoms with van der Waals surface area (Å²) in [5.74, 6) is 0.850. The fraction of sp³-hybridized carbons (Fsp3) is 0.368. The number of unbranched alkanes of at least 4 members (excludes halogenated alkanes) is 1. The highest BCUT2D eigenvalue weighted by Gasteiger charge is 2.00. The predicted octanol–water partition coefficient (Wildman–Crippen LogP) is 4.04. The normalized spacial score (nSPS) is 10.8. The number of hydrogen-bond acceptors (Lipinski definition) is 2. The molecule has 1 aromatic carbocycles. The van der Waals surface area contributed by atoms with E-state index in [1.165, 1.54) is 17.5 Å². The average molecular weight is 438 g/mol. The van der Waals surface area contributed by atoms with E-state index in [0.29, 0.717) is 6.54 Å². The number of guanidine groups is 1. The largest absolute Gasteiger partial charge is 0.356 e. The van der Waals surface area contributed by atoms with Crippen molar-refractivity contribution in [2.24, 2.45) is 4.99 Å². The molecule has 0 unspecified atom stereocenters. The summed E-state index contributed by atoms with van der Waals surface area (Å²) in [5.41, 5.74) is 3.64. The number of nitrogens with one attached hydrogen (secondary N) is 2. The minimum Gasteiger partial charge on any atom is -0.356 e. The first-order valence-electron chi connectivity index (χ1n) is 8.24. The van der Waals surface area contributed by atoms with Crippen LogP contribution in [-0.4, -0.2) is 17.5 Å². The molecule has 1 heterocycles. The third kappa shape index (κ3) is 7.77. The minimum absolute atomic E-state index is 0. The Morgan fingerprint density at radius 1 is 1.08 bits per heavy atom. The van der Waals surface area contributed by atoms with Crippen LogP contribution >= 0.6 is 24.0 Å². The van der Waals surface area contributed by atoms with Crippen molar-refractivity contribution >= 4 is 29.9 Å². The number of benzene rings is 1. The number of pyridine rings is 1. The van der Waals surface area contributed by atoms with Gasteiger partial charge in [0, 0.05) is 25.5 Å². The molecule has 0 aliphatic rings. The lowest BCUT2D eigenvalue weighted by molar-refractivity contribution is 0.724. The van der Waals surface area contributed by atoms with E-state index in [2.05, 4.69) is 58.7 Å². The number of aromatic nitrogens is 1. The van der Waals surface area contributed by atoms with Gasteiger partial charge in [0.05, 0.1) is 6.54 Å². The molecule has 0 saturated heterocycles. The maximum Gasteiger partial charge on any atom is 0.191 e. The maximum absolute atomic E-state index is 4.65. The van der Waals surface area contributed by atoms with Crippen molar-refractivity contribution in [1.29, 1.82) is 0 Å². The van der Waals surface area contributed by atoms with Gasteiger partial charge in [-0.25, -0.2) is 4.99 Å². The Bertz CT molecular complexity index is 597. The summed E-state index contributed by atoms with van der Waals surface area (Å²) in [4.78, 5) is 8.78. The summed E-state index contributed by atoms with van der Waals surface area (Å²) in [6.07, 6.45) is 5.94. The fourth-order valence-electron chi connectivity index (χ4n) is 2.11. The van der Waals surface area contributed by atoms with Crippen molar-refractivity contribution in [3.05, 3.63) is 65.5 Å². The topological polar surface area (TPSA) is 49.3 Å². The first kappa shape index (κ1) is 20.4. The highest BCUT2D eigenvalue weighted by molar-refractivity contribution is 14.0. The molecule has 5 heteroatoms. The lowest BCUT2D eigenvalue weighted by Crippen LogP contribution is -2.37. The van der Waals surface area contributed by atoms with Crippen LogP contribution in [-0.2, 0) is 13.1 Å². The second-order valence-corrected chi connectivity index (χ2v) is 5.65.